The van der Waals surface area contributed by atoms with Crippen LogP contribution in [0.4, 0.5) is 0 Å². The number of rotatable bonds is 5. The number of alkyl halides is 1. The lowest BCUT2D eigenvalue weighted by Crippen LogP contribution is -2.11. The molecule has 19 heavy (non-hydrogen) atoms. The van der Waals surface area contributed by atoms with Crippen LogP contribution in [-0.2, 0) is 6.42 Å². The van der Waals surface area contributed by atoms with Crippen LogP contribution in [0.25, 0.3) is 0 Å². The second-order valence-corrected chi connectivity index (χ2v) is 6.26. The van der Waals surface area contributed by atoms with Crippen LogP contribution in [0.3, 0.4) is 0 Å². The Bertz CT molecular complexity index is 510. The smallest absolute Gasteiger partial charge is 0.0442 e. The van der Waals surface area contributed by atoms with Crippen LogP contribution in [0.2, 0.25) is 0 Å². The zero-order valence-corrected chi connectivity index (χ0v) is 13.1. The lowest BCUT2D eigenvalue weighted by atomic mass is 9.97. The van der Waals surface area contributed by atoms with Gasteiger partial charge in [-0.05, 0) is 37.5 Å². The van der Waals surface area contributed by atoms with Crippen LogP contribution >= 0.6 is 15.9 Å². The van der Waals surface area contributed by atoms with E-state index in [2.05, 4.69) is 71.2 Å². The lowest BCUT2D eigenvalue weighted by Gasteiger charge is -2.17. The molecule has 0 fully saturated rings. The van der Waals surface area contributed by atoms with Gasteiger partial charge in [0.1, 0.15) is 0 Å². The maximum atomic E-state index is 4.44. The van der Waals surface area contributed by atoms with E-state index in [1.165, 1.54) is 11.1 Å². The second kappa shape index (κ2) is 6.85. The highest BCUT2D eigenvalue weighted by molar-refractivity contribution is 9.09. The Morgan fingerprint density at radius 3 is 2.68 bits per heavy atom. The van der Waals surface area contributed by atoms with E-state index in [0.29, 0.717) is 10.7 Å². The first kappa shape index (κ1) is 14.3. The largest absolute Gasteiger partial charge is 0.261 e. The summed E-state index contributed by atoms with van der Waals surface area (Å²) in [6, 6.07) is 14.9. The van der Waals surface area contributed by atoms with Gasteiger partial charge in [0, 0.05) is 22.6 Å². The average molecular weight is 318 g/mol. The van der Waals surface area contributed by atoms with E-state index in [1.807, 2.05) is 12.3 Å². The first-order chi connectivity index (χ1) is 9.16. The Morgan fingerprint density at radius 2 is 2.00 bits per heavy atom. The maximum absolute atomic E-state index is 4.44. The van der Waals surface area contributed by atoms with Gasteiger partial charge in [-0.25, -0.2) is 0 Å². The standard InChI is InChI=1S/C17H20BrN/c1-13-6-5-7-15(12-13)9-10-16(18)14(2)17-8-3-4-11-19-17/h3-8,11-12,14,16H,9-10H2,1-2H3. The Kier molecular flexibility index (Phi) is 5.15. The molecule has 0 aliphatic heterocycles. The third-order valence-corrected chi connectivity index (χ3v) is 4.74. The SMILES string of the molecule is Cc1cccc(CCC(Br)C(C)c2ccccn2)c1. The van der Waals surface area contributed by atoms with E-state index in [9.17, 15) is 0 Å². The molecule has 0 aliphatic carbocycles. The van der Waals surface area contributed by atoms with Gasteiger partial charge in [-0.3, -0.25) is 4.98 Å². The molecule has 2 atom stereocenters. The molecule has 0 saturated carbocycles. The molecule has 2 aromatic rings. The summed E-state index contributed by atoms with van der Waals surface area (Å²) < 4.78 is 0. The van der Waals surface area contributed by atoms with Crippen molar-refractivity contribution in [3.8, 4) is 0 Å². The number of hydrogen-bond donors (Lipinski definition) is 0. The number of aryl methyl sites for hydroxylation is 2. The summed E-state index contributed by atoms with van der Waals surface area (Å²) in [5.74, 6) is 0.436. The van der Waals surface area contributed by atoms with Gasteiger partial charge in [0.25, 0.3) is 0 Å². The second-order valence-electron chi connectivity index (χ2n) is 5.09. The molecule has 100 valence electrons. The molecule has 2 unspecified atom stereocenters. The summed E-state index contributed by atoms with van der Waals surface area (Å²) in [7, 11) is 0. The highest BCUT2D eigenvalue weighted by Crippen LogP contribution is 2.26. The molecule has 1 nitrogen and oxygen atoms in total. The number of benzene rings is 1. The molecule has 1 heterocycles. The summed E-state index contributed by atoms with van der Waals surface area (Å²) in [5.41, 5.74) is 3.91. The molecule has 0 N–H and O–H groups in total. The average Bonchev–Trinajstić information content (AvgIpc) is 2.45. The van der Waals surface area contributed by atoms with Crippen molar-refractivity contribution in [2.75, 3.05) is 0 Å². The van der Waals surface area contributed by atoms with Gasteiger partial charge in [-0.15, -0.1) is 0 Å². The third kappa shape index (κ3) is 4.17. The van der Waals surface area contributed by atoms with Crippen molar-refractivity contribution in [2.45, 2.75) is 37.4 Å². The van der Waals surface area contributed by atoms with Crippen molar-refractivity contribution in [3.63, 3.8) is 0 Å². The summed E-state index contributed by atoms with van der Waals surface area (Å²) in [6.45, 7) is 4.38. The van der Waals surface area contributed by atoms with Gasteiger partial charge in [-0.2, -0.15) is 0 Å². The molecule has 1 aromatic heterocycles. The molecule has 0 amide bonds. The van der Waals surface area contributed by atoms with E-state index in [0.717, 1.165) is 18.5 Å². The first-order valence-electron chi connectivity index (χ1n) is 6.77. The van der Waals surface area contributed by atoms with Gasteiger partial charge >= 0.3 is 0 Å². The number of hydrogen-bond acceptors (Lipinski definition) is 1. The molecular formula is C17H20BrN. The van der Waals surface area contributed by atoms with E-state index in [1.54, 1.807) is 0 Å². The minimum atomic E-state index is 0.436. The van der Waals surface area contributed by atoms with Gasteiger partial charge in [0.05, 0.1) is 0 Å². The van der Waals surface area contributed by atoms with Crippen LogP contribution in [-0.4, -0.2) is 9.81 Å². The van der Waals surface area contributed by atoms with Crippen LogP contribution < -0.4 is 0 Å². The van der Waals surface area contributed by atoms with Gasteiger partial charge in [0.15, 0.2) is 0 Å². The molecule has 0 saturated heterocycles. The fraction of sp³-hybridized carbons (Fsp3) is 0.353. The molecule has 2 rings (SSSR count). The lowest BCUT2D eigenvalue weighted by molar-refractivity contribution is 0.646. The number of nitrogens with zero attached hydrogens (tertiary/aromatic N) is 1. The topological polar surface area (TPSA) is 12.9 Å². The maximum Gasteiger partial charge on any atom is 0.0442 e. The number of aromatic nitrogens is 1. The van der Waals surface area contributed by atoms with Crippen molar-refractivity contribution in [2.24, 2.45) is 0 Å². The summed E-state index contributed by atoms with van der Waals surface area (Å²) >= 11 is 3.82. The van der Waals surface area contributed by atoms with Crippen molar-refractivity contribution in [1.82, 2.24) is 4.98 Å². The molecule has 0 radical (unpaired) electrons. The monoisotopic (exact) mass is 317 g/mol. The summed E-state index contributed by atoms with van der Waals surface area (Å²) in [6.07, 6.45) is 4.10. The van der Waals surface area contributed by atoms with E-state index < -0.39 is 0 Å². The quantitative estimate of drug-likeness (QED) is 0.715. The molecule has 0 aliphatic rings. The molecule has 0 bridgehead atoms. The van der Waals surface area contributed by atoms with E-state index in [4.69, 9.17) is 0 Å². The van der Waals surface area contributed by atoms with Crippen LogP contribution in [0.15, 0.2) is 48.7 Å². The number of pyridine rings is 1. The zero-order valence-electron chi connectivity index (χ0n) is 11.5. The van der Waals surface area contributed by atoms with E-state index in [-0.39, 0.29) is 0 Å². The Hall–Kier alpha value is -1.15. The van der Waals surface area contributed by atoms with Crippen LogP contribution in [0.1, 0.15) is 36.1 Å². The predicted molar refractivity (Wildman–Crippen MR) is 84.9 cm³/mol. The van der Waals surface area contributed by atoms with Gasteiger partial charge in [-0.1, -0.05) is 58.7 Å². The van der Waals surface area contributed by atoms with Crippen LogP contribution in [0, 0.1) is 6.92 Å². The zero-order chi connectivity index (χ0) is 13.7. The molecule has 1 aromatic carbocycles. The Morgan fingerprint density at radius 1 is 1.16 bits per heavy atom. The fourth-order valence-corrected chi connectivity index (χ4v) is 2.75. The molecule has 2 heteroatoms. The minimum absolute atomic E-state index is 0.436. The fourth-order valence-electron chi connectivity index (χ4n) is 2.25. The van der Waals surface area contributed by atoms with Gasteiger partial charge in [0.2, 0.25) is 0 Å². The summed E-state index contributed by atoms with van der Waals surface area (Å²) in [4.78, 5) is 4.90. The molecular weight excluding hydrogens is 298 g/mol. The number of halogens is 1. The first-order valence-corrected chi connectivity index (χ1v) is 7.69. The van der Waals surface area contributed by atoms with Crippen molar-refractivity contribution in [3.05, 3.63) is 65.5 Å². The van der Waals surface area contributed by atoms with Gasteiger partial charge < -0.3 is 0 Å². The summed E-state index contributed by atoms with van der Waals surface area (Å²) in [5, 5.41) is 0. The Labute approximate surface area is 124 Å². The van der Waals surface area contributed by atoms with E-state index >= 15 is 0 Å². The normalized spacial score (nSPS) is 14.1. The highest BCUT2D eigenvalue weighted by Gasteiger charge is 2.16. The Balaban J connectivity index is 1.92. The van der Waals surface area contributed by atoms with Crippen molar-refractivity contribution in [1.29, 1.82) is 0 Å². The van der Waals surface area contributed by atoms with Crippen LogP contribution in [0.5, 0.6) is 0 Å². The third-order valence-electron chi connectivity index (χ3n) is 3.49. The van der Waals surface area contributed by atoms with Crippen molar-refractivity contribution < 1.29 is 0 Å². The van der Waals surface area contributed by atoms with Crippen molar-refractivity contribution >= 4 is 15.9 Å². The minimum Gasteiger partial charge on any atom is -0.261 e. The highest BCUT2D eigenvalue weighted by atomic mass is 79.9. The molecule has 0 spiro atoms. The predicted octanol–water partition coefficient (Wildman–Crippen LogP) is 4.89.